The Kier molecular flexibility index (Phi) is 5.45. The molecule has 134 valence electrons. The van der Waals surface area contributed by atoms with E-state index in [2.05, 4.69) is 10.00 Å². The highest BCUT2D eigenvalue weighted by molar-refractivity contribution is 7.99. The van der Waals surface area contributed by atoms with Crippen LogP contribution in [-0.4, -0.2) is 56.1 Å². The van der Waals surface area contributed by atoms with Crippen molar-refractivity contribution >= 4 is 35.1 Å². The minimum absolute atomic E-state index is 0.0461. The van der Waals surface area contributed by atoms with Gasteiger partial charge in [0.15, 0.2) is 0 Å². The fourth-order valence-corrected chi connectivity index (χ4v) is 5.42. The van der Waals surface area contributed by atoms with Crippen LogP contribution in [0.5, 0.6) is 0 Å². The van der Waals surface area contributed by atoms with Crippen LogP contribution in [0, 0.1) is 0 Å². The Hall–Kier alpha value is -0.890. The Morgan fingerprint density at radius 2 is 2.00 bits per heavy atom. The monoisotopic (exact) mass is 396 g/mol. The normalized spacial score (nSPS) is 17.8. The van der Waals surface area contributed by atoms with Gasteiger partial charge in [0.1, 0.15) is 5.82 Å². The molecule has 0 unspecified atom stereocenters. The van der Waals surface area contributed by atoms with Gasteiger partial charge in [0, 0.05) is 53.2 Å². The first kappa shape index (κ1) is 17.5. The highest BCUT2D eigenvalue weighted by atomic mass is 35.5. The molecule has 2 aromatic rings. The van der Waals surface area contributed by atoms with E-state index in [0.29, 0.717) is 11.6 Å². The number of hydrogen-bond donors (Lipinski definition) is 0. The van der Waals surface area contributed by atoms with E-state index >= 15 is 0 Å². The van der Waals surface area contributed by atoms with Gasteiger partial charge in [-0.15, -0.1) is 11.8 Å². The molecule has 8 heteroatoms. The Bertz CT molecular complexity index is 813. The van der Waals surface area contributed by atoms with Crippen LogP contribution < -0.4 is 5.69 Å². The van der Waals surface area contributed by atoms with Gasteiger partial charge >= 0.3 is 5.69 Å². The second-order valence-corrected chi connectivity index (χ2v) is 9.07. The van der Waals surface area contributed by atoms with Gasteiger partial charge in [-0.1, -0.05) is 11.6 Å². The quantitative estimate of drug-likeness (QED) is 0.795. The summed E-state index contributed by atoms with van der Waals surface area (Å²) >= 11 is 9.94. The van der Waals surface area contributed by atoms with Crippen molar-refractivity contribution < 1.29 is 0 Å². The topological polar surface area (TPSA) is 43.1 Å². The van der Waals surface area contributed by atoms with E-state index in [1.54, 1.807) is 21.0 Å². The molecule has 25 heavy (non-hydrogen) atoms. The molecule has 0 bridgehead atoms. The third kappa shape index (κ3) is 3.79. The first-order valence-corrected chi connectivity index (χ1v) is 11.2. The number of aryl methyl sites for hydroxylation is 2. The summed E-state index contributed by atoms with van der Waals surface area (Å²) < 4.78 is 3.38. The van der Waals surface area contributed by atoms with E-state index in [9.17, 15) is 4.79 Å². The van der Waals surface area contributed by atoms with Gasteiger partial charge in [0.05, 0.1) is 5.69 Å². The number of rotatable bonds is 4. The lowest BCUT2D eigenvalue weighted by atomic mass is 10.3. The minimum atomic E-state index is -0.0461. The van der Waals surface area contributed by atoms with Crippen molar-refractivity contribution in [1.82, 2.24) is 19.2 Å². The molecule has 1 aromatic heterocycles. The van der Waals surface area contributed by atoms with Crippen molar-refractivity contribution in [2.75, 3.05) is 36.9 Å². The standard InChI is InChI=1S/C17H21ClN4OS2/c18-13-2-3-15-14(12-13)22-16(4-9-25-15)19-21(17(22)23)6-1-5-20-7-10-24-11-8-20/h2-3,12H,1,4-11H2. The maximum Gasteiger partial charge on any atom is 0.350 e. The summed E-state index contributed by atoms with van der Waals surface area (Å²) in [6, 6.07) is 5.75. The molecule has 0 amide bonds. The average Bonchev–Trinajstić information content (AvgIpc) is 2.82. The molecule has 2 aliphatic rings. The van der Waals surface area contributed by atoms with Crippen molar-refractivity contribution in [1.29, 1.82) is 0 Å². The van der Waals surface area contributed by atoms with Crippen LogP contribution in [0.3, 0.4) is 0 Å². The summed E-state index contributed by atoms with van der Waals surface area (Å²) in [5.41, 5.74) is 0.824. The van der Waals surface area contributed by atoms with Crippen LogP contribution in [0.2, 0.25) is 5.02 Å². The zero-order chi connectivity index (χ0) is 17.2. The molecule has 0 N–H and O–H groups in total. The molecule has 3 heterocycles. The van der Waals surface area contributed by atoms with Crippen molar-refractivity contribution in [2.24, 2.45) is 0 Å². The Labute approximate surface area is 160 Å². The third-order valence-electron chi connectivity index (χ3n) is 4.60. The zero-order valence-corrected chi connectivity index (χ0v) is 16.4. The number of aromatic nitrogens is 3. The molecule has 0 spiro atoms. The minimum Gasteiger partial charge on any atom is -0.302 e. The fourth-order valence-electron chi connectivity index (χ4n) is 3.31. The number of hydrogen-bond acceptors (Lipinski definition) is 5. The second kappa shape index (κ2) is 7.78. The number of thioether (sulfide) groups is 2. The number of nitrogens with zero attached hydrogens (tertiary/aromatic N) is 4. The van der Waals surface area contributed by atoms with E-state index in [1.165, 1.54) is 11.5 Å². The molecule has 5 nitrogen and oxygen atoms in total. The molecule has 0 atom stereocenters. The van der Waals surface area contributed by atoms with Gasteiger partial charge in [-0.25, -0.2) is 14.0 Å². The van der Waals surface area contributed by atoms with Crippen molar-refractivity contribution in [3.63, 3.8) is 0 Å². The lowest BCUT2D eigenvalue weighted by Crippen LogP contribution is -2.34. The molecule has 0 radical (unpaired) electrons. The maximum absolute atomic E-state index is 12.9. The Morgan fingerprint density at radius 3 is 2.84 bits per heavy atom. The summed E-state index contributed by atoms with van der Waals surface area (Å²) in [5, 5.41) is 5.26. The van der Waals surface area contributed by atoms with Crippen molar-refractivity contribution in [3.05, 3.63) is 39.5 Å². The molecule has 4 rings (SSSR count). The molecular formula is C17H21ClN4OS2. The van der Waals surface area contributed by atoms with E-state index in [4.69, 9.17) is 11.6 Å². The van der Waals surface area contributed by atoms with Gasteiger partial charge in [0.2, 0.25) is 0 Å². The van der Waals surface area contributed by atoms with E-state index < -0.39 is 0 Å². The Balaban J connectivity index is 1.55. The van der Waals surface area contributed by atoms with Gasteiger partial charge in [0.25, 0.3) is 0 Å². The van der Waals surface area contributed by atoms with Gasteiger partial charge in [-0.3, -0.25) is 0 Å². The highest BCUT2D eigenvalue weighted by Crippen LogP contribution is 2.31. The number of halogens is 1. The van der Waals surface area contributed by atoms with Crippen molar-refractivity contribution in [3.8, 4) is 5.69 Å². The molecular weight excluding hydrogens is 376 g/mol. The zero-order valence-electron chi connectivity index (χ0n) is 14.0. The first-order chi connectivity index (χ1) is 12.2. The smallest absolute Gasteiger partial charge is 0.302 e. The summed E-state index contributed by atoms with van der Waals surface area (Å²) in [6.45, 7) is 4.02. The fraction of sp³-hybridized carbons (Fsp3) is 0.529. The Morgan fingerprint density at radius 1 is 1.16 bits per heavy atom. The van der Waals surface area contributed by atoms with Gasteiger partial charge in [-0.2, -0.15) is 16.9 Å². The van der Waals surface area contributed by atoms with Crippen LogP contribution in [0.1, 0.15) is 12.2 Å². The largest absolute Gasteiger partial charge is 0.350 e. The number of benzene rings is 1. The molecule has 1 saturated heterocycles. The SMILES string of the molecule is O=c1n(CCCN2CCSCC2)nc2n1-c1cc(Cl)ccc1SCC2. The summed E-state index contributed by atoms with van der Waals surface area (Å²) in [7, 11) is 0. The predicted molar refractivity (Wildman–Crippen MR) is 106 cm³/mol. The third-order valence-corrected chi connectivity index (χ3v) is 6.84. The van der Waals surface area contributed by atoms with Crippen LogP contribution in [0.25, 0.3) is 5.69 Å². The molecule has 1 aromatic carbocycles. The summed E-state index contributed by atoms with van der Waals surface area (Å²) in [6.07, 6.45) is 1.75. The molecule has 1 fully saturated rings. The average molecular weight is 397 g/mol. The van der Waals surface area contributed by atoms with E-state index in [1.807, 2.05) is 30.0 Å². The van der Waals surface area contributed by atoms with Gasteiger partial charge < -0.3 is 4.90 Å². The lowest BCUT2D eigenvalue weighted by molar-refractivity contribution is 0.289. The van der Waals surface area contributed by atoms with E-state index in [0.717, 1.165) is 54.6 Å². The first-order valence-electron chi connectivity index (χ1n) is 8.64. The lowest BCUT2D eigenvalue weighted by Gasteiger charge is -2.25. The van der Waals surface area contributed by atoms with Crippen LogP contribution in [-0.2, 0) is 13.0 Å². The highest BCUT2D eigenvalue weighted by Gasteiger charge is 2.21. The summed E-state index contributed by atoms with van der Waals surface area (Å²) in [4.78, 5) is 16.5. The van der Waals surface area contributed by atoms with Crippen LogP contribution >= 0.6 is 35.1 Å². The van der Waals surface area contributed by atoms with Crippen LogP contribution in [0.4, 0.5) is 0 Å². The van der Waals surface area contributed by atoms with Crippen LogP contribution in [0.15, 0.2) is 27.9 Å². The van der Waals surface area contributed by atoms with Gasteiger partial charge in [-0.05, 0) is 31.2 Å². The molecule has 2 aliphatic heterocycles. The second-order valence-electron chi connectivity index (χ2n) is 6.28. The molecule has 0 saturated carbocycles. The summed E-state index contributed by atoms with van der Waals surface area (Å²) in [5.74, 6) is 4.20. The van der Waals surface area contributed by atoms with Crippen molar-refractivity contribution in [2.45, 2.75) is 24.3 Å². The maximum atomic E-state index is 12.9. The number of fused-ring (bicyclic) bond motifs is 3. The predicted octanol–water partition coefficient (Wildman–Crippen LogP) is 2.77. The molecule has 0 aliphatic carbocycles. The van der Waals surface area contributed by atoms with E-state index in [-0.39, 0.29) is 5.69 Å².